The van der Waals surface area contributed by atoms with Crippen molar-refractivity contribution in [2.24, 2.45) is 5.73 Å². The standard InChI is InChI=1S/C21H25N3O4/c1-13(18(22)25)28-17-7-5-6-16(12-17)14-8-10-15(11-9-14)19(26)24-21(2,3)20(27)23-4/h5-13H,1-4H3,(H2,22,25)(H,23,27)(H,24,26). The fraction of sp³-hybridized carbons (Fsp3) is 0.286. The Balaban J connectivity index is 2.15. The van der Waals surface area contributed by atoms with E-state index in [1.165, 1.54) is 7.05 Å². The zero-order valence-electron chi connectivity index (χ0n) is 16.4. The van der Waals surface area contributed by atoms with E-state index in [-0.39, 0.29) is 11.8 Å². The third-order valence-corrected chi connectivity index (χ3v) is 4.25. The van der Waals surface area contributed by atoms with E-state index in [1.54, 1.807) is 57.2 Å². The van der Waals surface area contributed by atoms with Gasteiger partial charge < -0.3 is 21.1 Å². The maximum absolute atomic E-state index is 12.4. The summed E-state index contributed by atoms with van der Waals surface area (Å²) in [6.45, 7) is 4.86. The molecule has 2 rings (SSSR count). The molecule has 0 aliphatic carbocycles. The lowest BCUT2D eigenvalue weighted by atomic mass is 10.0. The molecule has 0 fully saturated rings. The van der Waals surface area contributed by atoms with Crippen LogP contribution in [0.2, 0.25) is 0 Å². The highest BCUT2D eigenvalue weighted by Gasteiger charge is 2.28. The fourth-order valence-electron chi connectivity index (χ4n) is 2.55. The maximum atomic E-state index is 12.4. The van der Waals surface area contributed by atoms with Gasteiger partial charge in [-0.25, -0.2) is 0 Å². The third-order valence-electron chi connectivity index (χ3n) is 4.25. The number of likely N-dealkylation sites (N-methyl/N-ethyl adjacent to an activating group) is 1. The molecule has 2 aromatic rings. The van der Waals surface area contributed by atoms with Gasteiger partial charge in [0.2, 0.25) is 5.91 Å². The smallest absolute Gasteiger partial charge is 0.258 e. The molecular formula is C21H25N3O4. The first kappa shape index (κ1) is 21.0. The second-order valence-corrected chi connectivity index (χ2v) is 6.93. The number of carbonyl (C=O) groups is 3. The average Bonchev–Trinajstić information content (AvgIpc) is 2.67. The molecule has 0 saturated heterocycles. The Morgan fingerprint density at radius 2 is 1.68 bits per heavy atom. The van der Waals surface area contributed by atoms with E-state index in [1.807, 2.05) is 12.1 Å². The Bertz CT molecular complexity index is 875. The number of carbonyl (C=O) groups excluding carboxylic acids is 3. The number of ether oxygens (including phenoxy) is 1. The molecule has 4 N–H and O–H groups in total. The first-order chi connectivity index (χ1) is 13.1. The summed E-state index contributed by atoms with van der Waals surface area (Å²) in [7, 11) is 1.52. The van der Waals surface area contributed by atoms with Crippen molar-refractivity contribution in [1.82, 2.24) is 10.6 Å². The van der Waals surface area contributed by atoms with Gasteiger partial charge in [0, 0.05) is 12.6 Å². The Morgan fingerprint density at radius 1 is 1.04 bits per heavy atom. The second kappa shape index (κ2) is 8.56. The van der Waals surface area contributed by atoms with Crippen LogP contribution < -0.4 is 21.1 Å². The van der Waals surface area contributed by atoms with Gasteiger partial charge in [0.1, 0.15) is 11.3 Å². The Hall–Kier alpha value is -3.35. The van der Waals surface area contributed by atoms with Crippen molar-refractivity contribution in [3.8, 4) is 16.9 Å². The van der Waals surface area contributed by atoms with E-state index in [2.05, 4.69) is 10.6 Å². The molecule has 3 amide bonds. The minimum atomic E-state index is -1.02. The van der Waals surface area contributed by atoms with Crippen LogP contribution in [-0.4, -0.2) is 36.4 Å². The van der Waals surface area contributed by atoms with E-state index in [9.17, 15) is 14.4 Å². The minimum Gasteiger partial charge on any atom is -0.481 e. The number of nitrogens with two attached hydrogens (primary N) is 1. The molecule has 0 aliphatic heterocycles. The van der Waals surface area contributed by atoms with Gasteiger partial charge in [-0.05, 0) is 56.2 Å². The first-order valence-corrected chi connectivity index (χ1v) is 8.85. The van der Waals surface area contributed by atoms with Crippen LogP contribution in [0.5, 0.6) is 5.75 Å². The van der Waals surface area contributed by atoms with E-state index >= 15 is 0 Å². The molecule has 7 heteroatoms. The molecule has 28 heavy (non-hydrogen) atoms. The number of benzene rings is 2. The van der Waals surface area contributed by atoms with Crippen molar-refractivity contribution in [2.75, 3.05) is 7.05 Å². The van der Waals surface area contributed by atoms with Gasteiger partial charge in [0.15, 0.2) is 6.10 Å². The zero-order chi connectivity index (χ0) is 20.9. The lowest BCUT2D eigenvalue weighted by Crippen LogP contribution is -2.53. The van der Waals surface area contributed by atoms with E-state index in [0.717, 1.165) is 11.1 Å². The maximum Gasteiger partial charge on any atom is 0.258 e. The van der Waals surface area contributed by atoms with Crippen molar-refractivity contribution >= 4 is 17.7 Å². The Morgan fingerprint density at radius 3 is 2.25 bits per heavy atom. The summed E-state index contributed by atoms with van der Waals surface area (Å²) in [6, 6.07) is 14.2. The highest BCUT2D eigenvalue weighted by atomic mass is 16.5. The van der Waals surface area contributed by atoms with Gasteiger partial charge in [-0.1, -0.05) is 24.3 Å². The molecule has 0 saturated carbocycles. The number of nitrogens with one attached hydrogen (secondary N) is 2. The molecule has 1 atom stereocenters. The van der Waals surface area contributed by atoms with Crippen LogP contribution in [-0.2, 0) is 9.59 Å². The molecule has 0 spiro atoms. The second-order valence-electron chi connectivity index (χ2n) is 6.93. The SMILES string of the molecule is CNC(=O)C(C)(C)NC(=O)c1ccc(-c2cccc(OC(C)C(N)=O)c2)cc1. The van der Waals surface area contributed by atoms with Gasteiger partial charge >= 0.3 is 0 Å². The summed E-state index contributed by atoms with van der Waals surface area (Å²) < 4.78 is 5.51. The average molecular weight is 383 g/mol. The van der Waals surface area contributed by atoms with Gasteiger partial charge in [-0.3, -0.25) is 14.4 Å². The number of hydrogen-bond acceptors (Lipinski definition) is 4. The molecule has 7 nitrogen and oxygen atoms in total. The van der Waals surface area contributed by atoms with Crippen LogP contribution >= 0.6 is 0 Å². The van der Waals surface area contributed by atoms with Crippen molar-refractivity contribution < 1.29 is 19.1 Å². The number of rotatable bonds is 7. The molecule has 2 aromatic carbocycles. The third kappa shape index (κ3) is 5.09. The van der Waals surface area contributed by atoms with Gasteiger partial charge in [0.25, 0.3) is 11.8 Å². The highest BCUT2D eigenvalue weighted by Crippen LogP contribution is 2.25. The van der Waals surface area contributed by atoms with Gasteiger partial charge in [-0.2, -0.15) is 0 Å². The lowest BCUT2D eigenvalue weighted by molar-refractivity contribution is -0.125. The molecule has 1 unspecified atom stereocenters. The predicted octanol–water partition coefficient (Wildman–Crippen LogP) is 1.86. The van der Waals surface area contributed by atoms with Crippen molar-refractivity contribution in [2.45, 2.75) is 32.4 Å². The minimum absolute atomic E-state index is 0.278. The highest BCUT2D eigenvalue weighted by molar-refractivity contribution is 5.99. The number of hydrogen-bond donors (Lipinski definition) is 3. The Kier molecular flexibility index (Phi) is 6.41. The largest absolute Gasteiger partial charge is 0.481 e. The molecule has 148 valence electrons. The van der Waals surface area contributed by atoms with Gasteiger partial charge in [0.05, 0.1) is 0 Å². The van der Waals surface area contributed by atoms with Crippen LogP contribution in [0.1, 0.15) is 31.1 Å². The molecule has 0 heterocycles. The normalized spacial score (nSPS) is 12.0. The van der Waals surface area contributed by atoms with Crippen LogP contribution in [0.3, 0.4) is 0 Å². The quantitative estimate of drug-likeness (QED) is 0.678. The monoisotopic (exact) mass is 383 g/mol. The van der Waals surface area contributed by atoms with Crippen LogP contribution in [0.25, 0.3) is 11.1 Å². The summed E-state index contributed by atoms with van der Waals surface area (Å²) in [4.78, 5) is 35.4. The van der Waals surface area contributed by atoms with Crippen molar-refractivity contribution in [3.05, 3.63) is 54.1 Å². The van der Waals surface area contributed by atoms with Crippen molar-refractivity contribution in [3.63, 3.8) is 0 Å². The fourth-order valence-corrected chi connectivity index (χ4v) is 2.55. The van der Waals surface area contributed by atoms with E-state index in [0.29, 0.717) is 11.3 Å². The summed E-state index contributed by atoms with van der Waals surface area (Å²) in [6.07, 6.45) is -0.731. The topological polar surface area (TPSA) is 111 Å². The van der Waals surface area contributed by atoms with E-state index < -0.39 is 17.6 Å². The number of amides is 3. The van der Waals surface area contributed by atoms with Gasteiger partial charge in [-0.15, -0.1) is 0 Å². The summed E-state index contributed by atoms with van der Waals surface area (Å²) in [5.74, 6) is -0.634. The summed E-state index contributed by atoms with van der Waals surface area (Å²) >= 11 is 0. The van der Waals surface area contributed by atoms with Crippen LogP contribution in [0.4, 0.5) is 0 Å². The molecule has 0 bridgehead atoms. The lowest BCUT2D eigenvalue weighted by Gasteiger charge is -2.24. The van der Waals surface area contributed by atoms with Crippen LogP contribution in [0.15, 0.2) is 48.5 Å². The summed E-state index contributed by atoms with van der Waals surface area (Å²) in [5, 5.41) is 5.23. The molecular weight excluding hydrogens is 358 g/mol. The zero-order valence-corrected chi connectivity index (χ0v) is 16.4. The molecule has 0 aliphatic rings. The number of primary amides is 1. The Labute approximate surface area is 164 Å². The first-order valence-electron chi connectivity index (χ1n) is 8.85. The van der Waals surface area contributed by atoms with Crippen LogP contribution in [0, 0.1) is 0 Å². The van der Waals surface area contributed by atoms with E-state index in [4.69, 9.17) is 10.5 Å². The molecule has 0 radical (unpaired) electrons. The molecule has 0 aromatic heterocycles. The van der Waals surface area contributed by atoms with Crippen molar-refractivity contribution in [1.29, 1.82) is 0 Å². The predicted molar refractivity (Wildman–Crippen MR) is 107 cm³/mol. The summed E-state index contributed by atoms with van der Waals surface area (Å²) in [5.41, 5.74) is 6.38.